The second-order valence-electron chi connectivity index (χ2n) is 3.97. The molecule has 0 aliphatic carbocycles. The lowest BCUT2D eigenvalue weighted by atomic mass is 10.3. The first-order valence-corrected chi connectivity index (χ1v) is 6.87. The van der Waals surface area contributed by atoms with Gasteiger partial charge in [0, 0.05) is 12.5 Å². The van der Waals surface area contributed by atoms with Gasteiger partial charge in [-0.3, -0.25) is 15.2 Å². The van der Waals surface area contributed by atoms with Crippen LogP contribution in [0.25, 0.3) is 10.6 Å². The molecule has 0 aliphatic heterocycles. The minimum Gasteiger partial charge on any atom is -0.350 e. The van der Waals surface area contributed by atoms with Crippen LogP contribution in [0.3, 0.4) is 0 Å². The SMILES string of the molecule is CCc1nc(NC(=O)c2cc(-c3cccs3)no2)n[nH]1. The second kappa shape index (κ2) is 5.25. The first-order valence-electron chi connectivity index (χ1n) is 5.99. The summed E-state index contributed by atoms with van der Waals surface area (Å²) in [5.74, 6) is 0.622. The van der Waals surface area contributed by atoms with Gasteiger partial charge in [0.25, 0.3) is 5.91 Å². The summed E-state index contributed by atoms with van der Waals surface area (Å²) >= 11 is 1.53. The van der Waals surface area contributed by atoms with E-state index in [1.165, 1.54) is 11.3 Å². The molecule has 0 radical (unpaired) electrons. The highest BCUT2D eigenvalue weighted by atomic mass is 32.1. The maximum Gasteiger partial charge on any atom is 0.296 e. The predicted octanol–water partition coefficient (Wildman–Crippen LogP) is 2.34. The van der Waals surface area contributed by atoms with E-state index in [1.54, 1.807) is 6.07 Å². The van der Waals surface area contributed by atoms with Crippen LogP contribution in [0, 0.1) is 0 Å². The molecule has 20 heavy (non-hydrogen) atoms. The van der Waals surface area contributed by atoms with Gasteiger partial charge in [-0.15, -0.1) is 16.4 Å². The van der Waals surface area contributed by atoms with Gasteiger partial charge >= 0.3 is 0 Å². The van der Waals surface area contributed by atoms with Crippen molar-refractivity contribution in [3.05, 3.63) is 35.2 Å². The van der Waals surface area contributed by atoms with E-state index >= 15 is 0 Å². The third kappa shape index (κ3) is 2.45. The van der Waals surface area contributed by atoms with Crippen LogP contribution >= 0.6 is 11.3 Å². The summed E-state index contributed by atoms with van der Waals surface area (Å²) in [5.41, 5.74) is 0.634. The van der Waals surface area contributed by atoms with Gasteiger partial charge in [-0.05, 0) is 11.4 Å². The highest BCUT2D eigenvalue weighted by molar-refractivity contribution is 7.13. The number of hydrogen-bond acceptors (Lipinski definition) is 6. The molecular formula is C12H11N5O2S. The molecule has 0 aliphatic rings. The van der Waals surface area contributed by atoms with Gasteiger partial charge < -0.3 is 4.52 Å². The number of anilines is 1. The van der Waals surface area contributed by atoms with Crippen molar-refractivity contribution in [2.75, 3.05) is 5.32 Å². The van der Waals surface area contributed by atoms with E-state index in [0.717, 1.165) is 4.88 Å². The molecule has 7 nitrogen and oxygen atoms in total. The van der Waals surface area contributed by atoms with E-state index in [0.29, 0.717) is 17.9 Å². The summed E-state index contributed by atoms with van der Waals surface area (Å²) in [6.45, 7) is 1.94. The summed E-state index contributed by atoms with van der Waals surface area (Å²) < 4.78 is 5.03. The topological polar surface area (TPSA) is 96.7 Å². The van der Waals surface area contributed by atoms with Crippen LogP contribution in [0.1, 0.15) is 23.3 Å². The van der Waals surface area contributed by atoms with Crippen LogP contribution in [0.2, 0.25) is 0 Å². The lowest BCUT2D eigenvalue weighted by Crippen LogP contribution is -2.12. The quantitative estimate of drug-likeness (QED) is 0.768. The summed E-state index contributed by atoms with van der Waals surface area (Å²) in [6.07, 6.45) is 0.716. The molecule has 3 aromatic rings. The van der Waals surface area contributed by atoms with Crippen molar-refractivity contribution in [2.45, 2.75) is 13.3 Å². The van der Waals surface area contributed by atoms with Gasteiger partial charge in [-0.2, -0.15) is 4.98 Å². The molecule has 0 aromatic carbocycles. The number of amides is 1. The van der Waals surface area contributed by atoms with Gasteiger partial charge in [0.2, 0.25) is 11.7 Å². The van der Waals surface area contributed by atoms with E-state index in [9.17, 15) is 4.79 Å². The third-order valence-electron chi connectivity index (χ3n) is 2.60. The Hall–Kier alpha value is -2.48. The number of hydrogen-bond donors (Lipinski definition) is 2. The molecule has 1 amide bonds. The van der Waals surface area contributed by atoms with Crippen LogP contribution in [0.4, 0.5) is 5.95 Å². The molecule has 0 fully saturated rings. The van der Waals surface area contributed by atoms with Crippen LogP contribution in [0.5, 0.6) is 0 Å². The molecule has 2 N–H and O–H groups in total. The monoisotopic (exact) mass is 289 g/mol. The molecule has 0 bridgehead atoms. The Labute approximate surface area is 118 Å². The highest BCUT2D eigenvalue weighted by Crippen LogP contribution is 2.24. The van der Waals surface area contributed by atoms with Crippen LogP contribution in [-0.4, -0.2) is 26.2 Å². The highest BCUT2D eigenvalue weighted by Gasteiger charge is 2.16. The van der Waals surface area contributed by atoms with E-state index < -0.39 is 5.91 Å². The number of carbonyl (C=O) groups is 1. The Balaban J connectivity index is 1.74. The molecular weight excluding hydrogens is 278 g/mol. The first-order chi connectivity index (χ1) is 9.76. The number of aromatic nitrogens is 4. The molecule has 3 aromatic heterocycles. The fourth-order valence-electron chi connectivity index (χ4n) is 1.60. The van der Waals surface area contributed by atoms with Gasteiger partial charge in [0.1, 0.15) is 11.5 Å². The number of carbonyl (C=O) groups excluding carboxylic acids is 1. The molecule has 102 valence electrons. The maximum absolute atomic E-state index is 12.0. The van der Waals surface area contributed by atoms with Crippen molar-refractivity contribution in [1.29, 1.82) is 0 Å². The lowest BCUT2D eigenvalue weighted by molar-refractivity contribution is 0.0987. The van der Waals surface area contributed by atoms with Crippen molar-refractivity contribution in [3.63, 3.8) is 0 Å². The molecule has 0 saturated heterocycles. The Morgan fingerprint density at radius 3 is 3.15 bits per heavy atom. The minimum absolute atomic E-state index is 0.122. The van der Waals surface area contributed by atoms with Crippen molar-refractivity contribution in [2.24, 2.45) is 0 Å². The molecule has 0 saturated carbocycles. The van der Waals surface area contributed by atoms with Crippen LogP contribution in [-0.2, 0) is 6.42 Å². The number of rotatable bonds is 4. The van der Waals surface area contributed by atoms with E-state index in [-0.39, 0.29) is 11.7 Å². The van der Waals surface area contributed by atoms with Crippen molar-refractivity contribution in [3.8, 4) is 10.6 Å². The fourth-order valence-corrected chi connectivity index (χ4v) is 2.27. The van der Waals surface area contributed by atoms with Gasteiger partial charge in [0.05, 0.1) is 4.88 Å². The Bertz CT molecular complexity index is 716. The average Bonchev–Trinajstić information content (AvgIpc) is 3.19. The Morgan fingerprint density at radius 1 is 1.55 bits per heavy atom. The molecule has 8 heteroatoms. The number of nitrogens with one attached hydrogen (secondary N) is 2. The summed E-state index contributed by atoms with van der Waals surface area (Å²) in [4.78, 5) is 17.0. The zero-order valence-electron chi connectivity index (χ0n) is 10.6. The fraction of sp³-hybridized carbons (Fsp3) is 0.167. The van der Waals surface area contributed by atoms with Gasteiger partial charge in [-0.1, -0.05) is 18.1 Å². The summed E-state index contributed by atoms with van der Waals surface area (Å²) in [6, 6.07) is 5.41. The largest absolute Gasteiger partial charge is 0.350 e. The second-order valence-corrected chi connectivity index (χ2v) is 4.91. The van der Waals surface area contributed by atoms with E-state index in [4.69, 9.17) is 4.52 Å². The van der Waals surface area contributed by atoms with E-state index in [2.05, 4.69) is 25.7 Å². The van der Waals surface area contributed by atoms with Gasteiger partial charge in [0.15, 0.2) is 0 Å². The normalized spacial score (nSPS) is 10.7. The molecule has 0 atom stereocenters. The number of H-pyrrole nitrogens is 1. The predicted molar refractivity (Wildman–Crippen MR) is 73.5 cm³/mol. The number of thiophene rings is 1. The molecule has 0 spiro atoms. The van der Waals surface area contributed by atoms with Crippen LogP contribution in [0.15, 0.2) is 28.1 Å². The van der Waals surface area contributed by atoms with E-state index in [1.807, 2.05) is 24.4 Å². The minimum atomic E-state index is -0.429. The van der Waals surface area contributed by atoms with Crippen LogP contribution < -0.4 is 5.32 Å². The average molecular weight is 289 g/mol. The number of nitrogens with zero attached hydrogens (tertiary/aromatic N) is 3. The zero-order valence-corrected chi connectivity index (χ0v) is 11.4. The number of aromatic amines is 1. The zero-order chi connectivity index (χ0) is 13.9. The Kier molecular flexibility index (Phi) is 3.30. The third-order valence-corrected chi connectivity index (χ3v) is 3.49. The smallest absolute Gasteiger partial charge is 0.296 e. The standard InChI is InChI=1S/C12H11N5O2S/c1-2-10-13-12(16-15-10)14-11(18)8-6-7(17-19-8)9-4-3-5-20-9/h3-6H,2H2,1H3,(H2,13,14,15,16,18). The summed E-state index contributed by atoms with van der Waals surface area (Å²) in [5, 5.41) is 15.0. The first kappa shape index (κ1) is 12.5. The van der Waals surface area contributed by atoms with Gasteiger partial charge in [-0.25, -0.2) is 0 Å². The molecule has 0 unspecified atom stereocenters. The molecule has 3 heterocycles. The van der Waals surface area contributed by atoms with Crippen molar-refractivity contribution < 1.29 is 9.32 Å². The van der Waals surface area contributed by atoms with Crippen molar-refractivity contribution >= 4 is 23.2 Å². The lowest BCUT2D eigenvalue weighted by Gasteiger charge is -1.94. The Morgan fingerprint density at radius 2 is 2.45 bits per heavy atom. The van der Waals surface area contributed by atoms with Crippen molar-refractivity contribution in [1.82, 2.24) is 20.3 Å². The maximum atomic E-state index is 12.0. The number of aryl methyl sites for hydroxylation is 1. The molecule has 3 rings (SSSR count). The summed E-state index contributed by atoms with van der Waals surface area (Å²) in [7, 11) is 0.